The summed E-state index contributed by atoms with van der Waals surface area (Å²) >= 11 is 0. The Kier molecular flexibility index (Phi) is 4.48. The number of hydrogen-bond donors (Lipinski definition) is 1. The van der Waals surface area contributed by atoms with Gasteiger partial charge in [-0.1, -0.05) is 0 Å². The van der Waals surface area contributed by atoms with Crippen LogP contribution in [0.3, 0.4) is 0 Å². The lowest BCUT2D eigenvalue weighted by Crippen LogP contribution is -2.47. The fraction of sp³-hybridized carbons (Fsp3) is 0.733. The Morgan fingerprint density at radius 2 is 2.15 bits per heavy atom. The molecule has 5 nitrogen and oxygen atoms in total. The molecule has 1 atom stereocenters. The first-order valence-electron chi connectivity index (χ1n) is 7.46. The summed E-state index contributed by atoms with van der Waals surface area (Å²) in [6.45, 7) is 6.65. The second-order valence-corrected chi connectivity index (χ2v) is 5.80. The molecule has 0 fully saturated rings. The lowest BCUT2D eigenvalue weighted by Gasteiger charge is -2.23. The summed E-state index contributed by atoms with van der Waals surface area (Å²) in [6.07, 6.45) is 5.16. The average molecular weight is 279 g/mol. The van der Waals surface area contributed by atoms with Gasteiger partial charge in [0.15, 0.2) is 0 Å². The highest BCUT2D eigenvalue weighted by atomic mass is 16.5. The van der Waals surface area contributed by atoms with Crippen LogP contribution < -0.4 is 5.73 Å². The van der Waals surface area contributed by atoms with Gasteiger partial charge in [-0.15, -0.1) is 0 Å². The van der Waals surface area contributed by atoms with E-state index in [1.165, 1.54) is 24.2 Å². The summed E-state index contributed by atoms with van der Waals surface area (Å²) in [5.41, 5.74) is 7.70. The predicted molar refractivity (Wildman–Crippen MR) is 77.4 cm³/mol. The van der Waals surface area contributed by atoms with Crippen molar-refractivity contribution in [1.82, 2.24) is 9.55 Å². The molecule has 2 N–H and O–H groups in total. The zero-order chi connectivity index (χ0) is 14.8. The number of aryl methyl sites for hydroxylation is 2. The van der Waals surface area contributed by atoms with E-state index in [2.05, 4.69) is 9.55 Å². The summed E-state index contributed by atoms with van der Waals surface area (Å²) in [6, 6.07) is 0. The first-order chi connectivity index (χ1) is 9.45. The Balaban J connectivity index is 2.07. The molecule has 1 aromatic rings. The summed E-state index contributed by atoms with van der Waals surface area (Å²) in [7, 11) is 0. The molecular weight excluding hydrogens is 254 g/mol. The smallest absolute Gasteiger partial charge is 0.325 e. The van der Waals surface area contributed by atoms with Crippen molar-refractivity contribution in [2.75, 3.05) is 6.61 Å². The first kappa shape index (κ1) is 15.0. The highest BCUT2D eigenvalue weighted by molar-refractivity contribution is 5.79. The van der Waals surface area contributed by atoms with Crippen molar-refractivity contribution in [1.29, 1.82) is 0 Å². The van der Waals surface area contributed by atoms with Gasteiger partial charge in [0.05, 0.1) is 12.3 Å². The van der Waals surface area contributed by atoms with E-state index in [1.807, 2.05) is 6.92 Å². The zero-order valence-corrected chi connectivity index (χ0v) is 12.7. The zero-order valence-electron chi connectivity index (χ0n) is 12.7. The van der Waals surface area contributed by atoms with Crippen LogP contribution in [0.2, 0.25) is 0 Å². The largest absolute Gasteiger partial charge is 0.465 e. The first-order valence-corrected chi connectivity index (χ1v) is 7.46. The minimum Gasteiger partial charge on any atom is -0.465 e. The maximum absolute atomic E-state index is 11.8. The van der Waals surface area contributed by atoms with Crippen molar-refractivity contribution in [3.8, 4) is 0 Å². The maximum Gasteiger partial charge on any atom is 0.325 e. The highest BCUT2D eigenvalue weighted by Crippen LogP contribution is 2.23. The maximum atomic E-state index is 11.8. The number of ether oxygens (including phenoxy) is 1. The van der Waals surface area contributed by atoms with Gasteiger partial charge >= 0.3 is 5.97 Å². The van der Waals surface area contributed by atoms with E-state index in [-0.39, 0.29) is 5.97 Å². The molecule has 0 bridgehead atoms. The molecule has 1 unspecified atom stereocenters. The summed E-state index contributed by atoms with van der Waals surface area (Å²) in [4.78, 5) is 16.5. The molecular formula is C15H25N3O2. The van der Waals surface area contributed by atoms with Crippen LogP contribution in [0.15, 0.2) is 0 Å². The van der Waals surface area contributed by atoms with Crippen molar-refractivity contribution < 1.29 is 9.53 Å². The number of hydrogen-bond acceptors (Lipinski definition) is 4. The van der Waals surface area contributed by atoms with Crippen molar-refractivity contribution in [2.24, 2.45) is 5.73 Å². The number of carbonyl (C=O) groups is 1. The average Bonchev–Trinajstić information content (AvgIpc) is 2.72. The Hall–Kier alpha value is -1.36. The van der Waals surface area contributed by atoms with E-state index >= 15 is 0 Å². The Bertz CT molecular complexity index is 492. The van der Waals surface area contributed by atoms with Crippen molar-refractivity contribution in [2.45, 2.75) is 65.0 Å². The van der Waals surface area contributed by atoms with Gasteiger partial charge in [-0.25, -0.2) is 4.98 Å². The number of fused-ring (bicyclic) bond motifs is 1. The minimum absolute atomic E-state index is 0.327. The van der Waals surface area contributed by atoms with Crippen molar-refractivity contribution in [3.63, 3.8) is 0 Å². The normalized spacial score (nSPS) is 17.4. The third-order valence-electron chi connectivity index (χ3n) is 4.02. The number of aromatic nitrogens is 2. The molecule has 0 saturated heterocycles. The van der Waals surface area contributed by atoms with Crippen molar-refractivity contribution in [3.05, 3.63) is 17.2 Å². The van der Waals surface area contributed by atoms with E-state index in [9.17, 15) is 4.79 Å². The molecule has 0 aliphatic heterocycles. The molecule has 1 heterocycles. The van der Waals surface area contributed by atoms with Crippen LogP contribution >= 0.6 is 0 Å². The second-order valence-electron chi connectivity index (χ2n) is 5.80. The lowest BCUT2D eigenvalue weighted by atomic mass is 9.98. The van der Waals surface area contributed by atoms with Gasteiger partial charge in [-0.3, -0.25) is 4.79 Å². The number of rotatable bonds is 5. The summed E-state index contributed by atoms with van der Waals surface area (Å²) < 4.78 is 7.25. The standard InChI is InChI=1S/C15H25N3O2/c1-4-20-14(19)15(3,16)9-10-18-11(2)17-12-7-5-6-8-13(12)18/h4-10,16H2,1-3H3. The van der Waals surface area contributed by atoms with E-state index in [0.717, 1.165) is 25.2 Å². The number of nitrogens with zero attached hydrogens (tertiary/aromatic N) is 2. The number of esters is 1. The summed E-state index contributed by atoms with van der Waals surface area (Å²) in [5.74, 6) is 0.697. The van der Waals surface area contributed by atoms with Crippen LogP contribution in [-0.2, 0) is 28.9 Å². The Morgan fingerprint density at radius 3 is 2.85 bits per heavy atom. The van der Waals surface area contributed by atoms with Crippen LogP contribution in [0, 0.1) is 6.92 Å². The van der Waals surface area contributed by atoms with E-state index < -0.39 is 5.54 Å². The Labute approximate surface area is 120 Å². The fourth-order valence-electron chi connectivity index (χ4n) is 2.77. The van der Waals surface area contributed by atoms with Crippen LogP contribution in [-0.4, -0.2) is 27.7 Å². The third-order valence-corrected chi connectivity index (χ3v) is 4.02. The molecule has 1 aliphatic carbocycles. The third kappa shape index (κ3) is 3.03. The van der Waals surface area contributed by atoms with Crippen molar-refractivity contribution >= 4 is 5.97 Å². The summed E-state index contributed by atoms with van der Waals surface area (Å²) in [5, 5.41) is 0. The monoisotopic (exact) mass is 279 g/mol. The molecule has 0 radical (unpaired) electrons. The topological polar surface area (TPSA) is 70.1 Å². The number of imidazole rings is 1. The van der Waals surface area contributed by atoms with Gasteiger partial charge < -0.3 is 15.0 Å². The molecule has 112 valence electrons. The molecule has 0 saturated carbocycles. The number of nitrogens with two attached hydrogens (primary N) is 1. The van der Waals surface area contributed by atoms with Gasteiger partial charge in [0.2, 0.25) is 0 Å². The van der Waals surface area contributed by atoms with Gasteiger partial charge in [0.1, 0.15) is 11.4 Å². The fourth-order valence-corrected chi connectivity index (χ4v) is 2.77. The minimum atomic E-state index is -0.936. The molecule has 0 spiro atoms. The van der Waals surface area contributed by atoms with Crippen LogP contribution in [0.5, 0.6) is 0 Å². The van der Waals surface area contributed by atoms with E-state index in [1.54, 1.807) is 13.8 Å². The van der Waals surface area contributed by atoms with E-state index in [4.69, 9.17) is 10.5 Å². The molecule has 0 aromatic carbocycles. The van der Waals surface area contributed by atoms with Gasteiger partial charge in [0.25, 0.3) is 0 Å². The highest BCUT2D eigenvalue weighted by Gasteiger charge is 2.30. The van der Waals surface area contributed by atoms with Crippen LogP contribution in [0.25, 0.3) is 0 Å². The van der Waals surface area contributed by atoms with Gasteiger partial charge in [0, 0.05) is 12.2 Å². The number of carbonyl (C=O) groups excluding carboxylic acids is 1. The molecule has 0 amide bonds. The van der Waals surface area contributed by atoms with Gasteiger partial charge in [-0.05, 0) is 52.9 Å². The van der Waals surface area contributed by atoms with Gasteiger partial charge in [-0.2, -0.15) is 0 Å². The lowest BCUT2D eigenvalue weighted by molar-refractivity contribution is -0.149. The molecule has 2 rings (SSSR count). The molecule has 1 aromatic heterocycles. The predicted octanol–water partition coefficient (Wildman–Crippen LogP) is 1.74. The van der Waals surface area contributed by atoms with Crippen LogP contribution in [0.4, 0.5) is 0 Å². The van der Waals surface area contributed by atoms with E-state index in [0.29, 0.717) is 13.0 Å². The van der Waals surface area contributed by atoms with Crippen LogP contribution in [0.1, 0.15) is 50.3 Å². The Morgan fingerprint density at radius 1 is 1.45 bits per heavy atom. The molecule has 1 aliphatic rings. The molecule has 5 heteroatoms. The second kappa shape index (κ2) is 5.95. The quantitative estimate of drug-likeness (QED) is 0.833. The molecule has 20 heavy (non-hydrogen) atoms. The SMILES string of the molecule is CCOC(=O)C(C)(N)CCn1c(C)nc2c1CCCC2.